The van der Waals surface area contributed by atoms with Crippen LogP contribution in [0.5, 0.6) is 0 Å². The second kappa shape index (κ2) is 8.53. The number of fused-ring (bicyclic) bond motifs is 1. The summed E-state index contributed by atoms with van der Waals surface area (Å²) in [4.78, 5) is 2.60. The fourth-order valence-electron chi connectivity index (χ4n) is 4.46. The van der Waals surface area contributed by atoms with Crippen molar-refractivity contribution in [2.75, 3.05) is 19.6 Å². The van der Waals surface area contributed by atoms with Crippen molar-refractivity contribution >= 4 is 11.6 Å². The maximum atomic E-state index is 6.38. The fourth-order valence-corrected chi connectivity index (χ4v) is 4.75. The molecular formula is C21H29ClN4. The Labute approximate surface area is 161 Å². The first-order valence-electron chi connectivity index (χ1n) is 10.2. The van der Waals surface area contributed by atoms with Crippen LogP contribution in [0.15, 0.2) is 24.3 Å². The van der Waals surface area contributed by atoms with Crippen molar-refractivity contribution in [1.82, 2.24) is 19.7 Å². The number of aromatic nitrogens is 3. The number of rotatable bonds is 5. The molecule has 0 unspecified atom stereocenters. The summed E-state index contributed by atoms with van der Waals surface area (Å²) >= 11 is 6.38. The monoisotopic (exact) mass is 372 g/mol. The van der Waals surface area contributed by atoms with Gasteiger partial charge >= 0.3 is 0 Å². The van der Waals surface area contributed by atoms with E-state index in [9.17, 15) is 0 Å². The quantitative estimate of drug-likeness (QED) is 0.776. The second-order valence-electron chi connectivity index (χ2n) is 7.74. The standard InChI is InChI=1S/C21H29ClN4/c22-19-8-4-3-7-18(19)17-11-15-25(16-12-17)13-6-10-21-24-23-20-9-2-1-5-14-26(20)21/h3-4,7-8,17H,1-2,5-6,9-16H2. The maximum absolute atomic E-state index is 6.38. The Morgan fingerprint density at radius 2 is 1.85 bits per heavy atom. The van der Waals surface area contributed by atoms with E-state index in [1.807, 2.05) is 12.1 Å². The van der Waals surface area contributed by atoms with Gasteiger partial charge in [0, 0.05) is 24.4 Å². The molecule has 1 aromatic heterocycles. The van der Waals surface area contributed by atoms with Gasteiger partial charge < -0.3 is 9.47 Å². The molecule has 0 radical (unpaired) electrons. The lowest BCUT2D eigenvalue weighted by atomic mass is 9.89. The van der Waals surface area contributed by atoms with E-state index in [-0.39, 0.29) is 0 Å². The zero-order chi connectivity index (χ0) is 17.8. The van der Waals surface area contributed by atoms with Crippen molar-refractivity contribution in [2.45, 2.75) is 63.8 Å². The largest absolute Gasteiger partial charge is 0.315 e. The van der Waals surface area contributed by atoms with Gasteiger partial charge in [0.15, 0.2) is 0 Å². The van der Waals surface area contributed by atoms with Gasteiger partial charge in [-0.05, 0) is 69.3 Å². The van der Waals surface area contributed by atoms with E-state index in [1.165, 1.54) is 68.8 Å². The van der Waals surface area contributed by atoms with Crippen LogP contribution in [-0.2, 0) is 19.4 Å². The minimum atomic E-state index is 0.618. The summed E-state index contributed by atoms with van der Waals surface area (Å²) < 4.78 is 2.39. The third-order valence-electron chi connectivity index (χ3n) is 5.99. The molecule has 0 aliphatic carbocycles. The van der Waals surface area contributed by atoms with Crippen LogP contribution in [0.2, 0.25) is 5.02 Å². The van der Waals surface area contributed by atoms with Gasteiger partial charge in [-0.2, -0.15) is 0 Å². The molecule has 140 valence electrons. The van der Waals surface area contributed by atoms with E-state index in [2.05, 4.69) is 31.8 Å². The van der Waals surface area contributed by atoms with Gasteiger partial charge in [-0.1, -0.05) is 36.2 Å². The van der Waals surface area contributed by atoms with E-state index in [4.69, 9.17) is 11.6 Å². The van der Waals surface area contributed by atoms with Crippen LogP contribution in [0.4, 0.5) is 0 Å². The number of likely N-dealkylation sites (tertiary alicyclic amines) is 1. The highest BCUT2D eigenvalue weighted by Gasteiger charge is 2.22. The van der Waals surface area contributed by atoms with Crippen LogP contribution >= 0.6 is 11.6 Å². The zero-order valence-corrected chi connectivity index (χ0v) is 16.3. The van der Waals surface area contributed by atoms with Crippen molar-refractivity contribution < 1.29 is 0 Å². The molecular weight excluding hydrogens is 344 g/mol. The number of hydrogen-bond acceptors (Lipinski definition) is 3. The first-order chi connectivity index (χ1) is 12.8. The highest BCUT2D eigenvalue weighted by atomic mass is 35.5. The minimum Gasteiger partial charge on any atom is -0.315 e. The third-order valence-corrected chi connectivity index (χ3v) is 6.34. The number of nitrogens with zero attached hydrogens (tertiary/aromatic N) is 4. The number of halogens is 1. The van der Waals surface area contributed by atoms with Crippen molar-refractivity contribution in [3.63, 3.8) is 0 Å². The van der Waals surface area contributed by atoms with Gasteiger partial charge in [0.25, 0.3) is 0 Å². The summed E-state index contributed by atoms with van der Waals surface area (Å²) in [7, 11) is 0. The van der Waals surface area contributed by atoms with E-state index in [0.29, 0.717) is 5.92 Å². The number of hydrogen-bond donors (Lipinski definition) is 0. The molecule has 1 aromatic carbocycles. The molecule has 1 fully saturated rings. The maximum Gasteiger partial charge on any atom is 0.133 e. The van der Waals surface area contributed by atoms with Crippen LogP contribution in [0.1, 0.15) is 61.7 Å². The Morgan fingerprint density at radius 1 is 1.00 bits per heavy atom. The van der Waals surface area contributed by atoms with Crippen molar-refractivity contribution in [3.05, 3.63) is 46.5 Å². The molecule has 0 bridgehead atoms. The Balaban J connectivity index is 1.25. The summed E-state index contributed by atoms with van der Waals surface area (Å²) in [6, 6.07) is 8.34. The number of benzene rings is 1. The first kappa shape index (κ1) is 18.0. The Kier molecular flexibility index (Phi) is 5.91. The van der Waals surface area contributed by atoms with Gasteiger partial charge in [-0.15, -0.1) is 10.2 Å². The summed E-state index contributed by atoms with van der Waals surface area (Å²) in [6.45, 7) is 4.62. The number of piperidine rings is 1. The predicted molar refractivity (Wildman–Crippen MR) is 106 cm³/mol. The minimum absolute atomic E-state index is 0.618. The molecule has 0 N–H and O–H groups in total. The fraction of sp³-hybridized carbons (Fsp3) is 0.619. The highest BCUT2D eigenvalue weighted by Crippen LogP contribution is 2.32. The molecule has 0 amide bonds. The van der Waals surface area contributed by atoms with Gasteiger partial charge in [-0.25, -0.2) is 0 Å². The molecule has 1 saturated heterocycles. The smallest absolute Gasteiger partial charge is 0.133 e. The lowest BCUT2D eigenvalue weighted by molar-refractivity contribution is 0.209. The second-order valence-corrected chi connectivity index (χ2v) is 8.14. The molecule has 2 aliphatic heterocycles. The summed E-state index contributed by atoms with van der Waals surface area (Å²) in [6.07, 6.45) is 9.61. The molecule has 4 rings (SSSR count). The van der Waals surface area contributed by atoms with Crippen LogP contribution in [-0.4, -0.2) is 39.3 Å². The van der Waals surface area contributed by atoms with Crippen molar-refractivity contribution in [2.24, 2.45) is 0 Å². The molecule has 5 heteroatoms. The average Bonchev–Trinajstić information content (AvgIpc) is 2.89. The molecule has 0 atom stereocenters. The predicted octanol–water partition coefficient (Wildman–Crippen LogP) is 4.47. The molecule has 4 nitrogen and oxygen atoms in total. The summed E-state index contributed by atoms with van der Waals surface area (Å²) in [5, 5.41) is 9.81. The van der Waals surface area contributed by atoms with E-state index >= 15 is 0 Å². The highest BCUT2D eigenvalue weighted by molar-refractivity contribution is 6.31. The van der Waals surface area contributed by atoms with Crippen LogP contribution in [0, 0.1) is 0 Å². The molecule has 26 heavy (non-hydrogen) atoms. The summed E-state index contributed by atoms with van der Waals surface area (Å²) in [5.74, 6) is 3.03. The van der Waals surface area contributed by atoms with E-state index < -0.39 is 0 Å². The first-order valence-corrected chi connectivity index (χ1v) is 10.6. The van der Waals surface area contributed by atoms with Crippen molar-refractivity contribution in [3.8, 4) is 0 Å². The van der Waals surface area contributed by atoms with Gasteiger partial charge in [0.1, 0.15) is 11.6 Å². The molecule has 3 heterocycles. The third kappa shape index (κ3) is 4.12. The molecule has 2 aliphatic rings. The average molecular weight is 373 g/mol. The summed E-state index contributed by atoms with van der Waals surface area (Å²) in [5.41, 5.74) is 1.33. The number of aryl methyl sites for hydroxylation is 2. The zero-order valence-electron chi connectivity index (χ0n) is 15.5. The normalized spacial score (nSPS) is 19.3. The van der Waals surface area contributed by atoms with E-state index in [1.54, 1.807) is 0 Å². The van der Waals surface area contributed by atoms with E-state index in [0.717, 1.165) is 31.0 Å². The molecule has 2 aromatic rings. The Hall–Kier alpha value is -1.39. The Morgan fingerprint density at radius 3 is 2.69 bits per heavy atom. The van der Waals surface area contributed by atoms with Crippen LogP contribution < -0.4 is 0 Å². The lowest BCUT2D eigenvalue weighted by Crippen LogP contribution is -2.34. The van der Waals surface area contributed by atoms with Gasteiger partial charge in [0.2, 0.25) is 0 Å². The lowest BCUT2D eigenvalue weighted by Gasteiger charge is -2.32. The topological polar surface area (TPSA) is 34.0 Å². The molecule has 0 spiro atoms. The van der Waals surface area contributed by atoms with Crippen LogP contribution in [0.3, 0.4) is 0 Å². The Bertz CT molecular complexity index is 719. The van der Waals surface area contributed by atoms with Crippen molar-refractivity contribution in [1.29, 1.82) is 0 Å². The van der Waals surface area contributed by atoms with Crippen LogP contribution in [0.25, 0.3) is 0 Å². The van der Waals surface area contributed by atoms with Gasteiger partial charge in [-0.3, -0.25) is 0 Å². The SMILES string of the molecule is Clc1ccccc1C1CCN(CCCc2nnc3n2CCCCC3)CC1. The van der Waals surface area contributed by atoms with Gasteiger partial charge in [0.05, 0.1) is 0 Å². The molecule has 0 saturated carbocycles.